The van der Waals surface area contributed by atoms with E-state index in [-0.39, 0.29) is 5.69 Å². The van der Waals surface area contributed by atoms with Crippen LogP contribution in [0.2, 0.25) is 0 Å². The van der Waals surface area contributed by atoms with Crippen molar-refractivity contribution in [3.63, 3.8) is 0 Å². The maximum absolute atomic E-state index is 11.0. The zero-order valence-electron chi connectivity index (χ0n) is 9.51. The van der Waals surface area contributed by atoms with Crippen LogP contribution in [-0.2, 0) is 12.8 Å². The summed E-state index contributed by atoms with van der Waals surface area (Å²) in [4.78, 5) is 15.9. The molecule has 0 aliphatic heterocycles. The maximum Gasteiger partial charge on any atom is 0.355 e. The Morgan fingerprint density at radius 1 is 1.29 bits per heavy atom. The first-order chi connectivity index (χ1) is 8.16. The van der Waals surface area contributed by atoms with Crippen LogP contribution in [0.15, 0.2) is 30.3 Å². The van der Waals surface area contributed by atoms with Gasteiger partial charge in [-0.25, -0.2) is 9.78 Å². The van der Waals surface area contributed by atoms with Crippen molar-refractivity contribution >= 4 is 17.3 Å². The van der Waals surface area contributed by atoms with Gasteiger partial charge in [-0.2, -0.15) is 0 Å². The number of aromatic nitrogens is 1. The first kappa shape index (κ1) is 11.8. The van der Waals surface area contributed by atoms with Crippen LogP contribution >= 0.6 is 11.3 Å². The van der Waals surface area contributed by atoms with E-state index in [1.807, 2.05) is 37.3 Å². The molecule has 88 valence electrons. The molecule has 1 aromatic heterocycles. The minimum atomic E-state index is -0.933. The Labute approximate surface area is 104 Å². The normalized spacial score (nSPS) is 10.4. The monoisotopic (exact) mass is 247 g/mol. The van der Waals surface area contributed by atoms with E-state index in [2.05, 4.69) is 4.98 Å². The van der Waals surface area contributed by atoms with Crippen LogP contribution in [0.5, 0.6) is 0 Å². The number of benzene rings is 1. The highest BCUT2D eigenvalue weighted by Gasteiger charge is 2.15. The third-order valence-electron chi connectivity index (χ3n) is 2.49. The van der Waals surface area contributed by atoms with E-state index in [0.717, 1.165) is 22.7 Å². The lowest BCUT2D eigenvalue weighted by atomic mass is 10.1. The van der Waals surface area contributed by atoms with Gasteiger partial charge in [-0.15, -0.1) is 11.3 Å². The molecule has 2 aromatic rings. The lowest BCUT2D eigenvalue weighted by Gasteiger charge is -1.99. The summed E-state index contributed by atoms with van der Waals surface area (Å²) >= 11 is 1.47. The Balaban J connectivity index is 2.11. The van der Waals surface area contributed by atoms with Crippen LogP contribution in [-0.4, -0.2) is 16.1 Å². The van der Waals surface area contributed by atoms with Crippen molar-refractivity contribution in [2.75, 3.05) is 0 Å². The van der Waals surface area contributed by atoms with Gasteiger partial charge in [0.1, 0.15) is 0 Å². The molecule has 0 aliphatic carbocycles. The predicted molar refractivity (Wildman–Crippen MR) is 67.7 cm³/mol. The Bertz CT molecular complexity index is 519. The molecular formula is C13H13NO2S. The van der Waals surface area contributed by atoms with Crippen molar-refractivity contribution < 1.29 is 9.90 Å². The fourth-order valence-electron chi connectivity index (χ4n) is 1.71. The van der Waals surface area contributed by atoms with Crippen molar-refractivity contribution in [1.29, 1.82) is 0 Å². The summed E-state index contributed by atoms with van der Waals surface area (Å²) < 4.78 is 0. The van der Waals surface area contributed by atoms with Crippen molar-refractivity contribution in [2.45, 2.75) is 19.8 Å². The summed E-state index contributed by atoms with van der Waals surface area (Å²) in [6.45, 7) is 1.84. The number of carboxylic acids is 1. The molecule has 0 aliphatic rings. The van der Waals surface area contributed by atoms with Gasteiger partial charge >= 0.3 is 5.97 Å². The number of hydrogen-bond donors (Lipinski definition) is 1. The molecule has 0 radical (unpaired) electrons. The van der Waals surface area contributed by atoms with E-state index >= 15 is 0 Å². The molecule has 0 fully saturated rings. The van der Waals surface area contributed by atoms with Gasteiger partial charge in [0.15, 0.2) is 5.69 Å². The molecule has 0 saturated carbocycles. The number of carbonyl (C=O) groups is 1. The molecule has 17 heavy (non-hydrogen) atoms. The molecule has 2 rings (SSSR count). The van der Waals surface area contributed by atoms with Crippen LogP contribution in [0.1, 0.15) is 25.9 Å². The predicted octanol–water partition coefficient (Wildman–Crippen LogP) is 2.93. The fraction of sp³-hybridized carbons (Fsp3) is 0.231. The van der Waals surface area contributed by atoms with Gasteiger partial charge in [-0.3, -0.25) is 0 Å². The summed E-state index contributed by atoms with van der Waals surface area (Å²) in [7, 11) is 0. The number of rotatable bonds is 4. The van der Waals surface area contributed by atoms with Crippen LogP contribution < -0.4 is 0 Å². The average Bonchev–Trinajstić information content (AvgIpc) is 2.69. The maximum atomic E-state index is 11.0. The van der Waals surface area contributed by atoms with Crippen molar-refractivity contribution in [1.82, 2.24) is 4.98 Å². The van der Waals surface area contributed by atoms with Crippen LogP contribution in [0.3, 0.4) is 0 Å². The van der Waals surface area contributed by atoms with Crippen molar-refractivity contribution in [3.05, 3.63) is 51.5 Å². The highest BCUT2D eigenvalue weighted by atomic mass is 32.1. The molecule has 0 saturated heterocycles. The Morgan fingerprint density at radius 3 is 2.65 bits per heavy atom. The third kappa shape index (κ3) is 2.91. The minimum absolute atomic E-state index is 0.212. The van der Waals surface area contributed by atoms with Gasteiger partial charge < -0.3 is 5.11 Å². The van der Waals surface area contributed by atoms with Crippen molar-refractivity contribution in [2.24, 2.45) is 0 Å². The number of carboxylic acid groups (broad SMARTS) is 1. The molecule has 1 N–H and O–H groups in total. The summed E-state index contributed by atoms with van der Waals surface area (Å²) in [6, 6.07) is 10.1. The third-order valence-corrected chi connectivity index (χ3v) is 3.52. The molecule has 0 atom stereocenters. The number of aryl methyl sites for hydroxylation is 3. The van der Waals surface area contributed by atoms with E-state index in [1.54, 1.807) is 0 Å². The number of hydrogen-bond acceptors (Lipinski definition) is 3. The lowest BCUT2D eigenvalue weighted by molar-refractivity contribution is 0.0690. The second-order valence-corrected chi connectivity index (χ2v) is 5.08. The van der Waals surface area contributed by atoms with Crippen molar-refractivity contribution in [3.8, 4) is 0 Å². The highest BCUT2D eigenvalue weighted by Crippen LogP contribution is 2.20. The lowest BCUT2D eigenvalue weighted by Crippen LogP contribution is -2.02. The van der Waals surface area contributed by atoms with Gasteiger partial charge in [-0.1, -0.05) is 30.3 Å². The Kier molecular flexibility index (Phi) is 3.54. The first-order valence-corrected chi connectivity index (χ1v) is 6.22. The van der Waals surface area contributed by atoms with E-state index in [1.165, 1.54) is 16.9 Å². The summed E-state index contributed by atoms with van der Waals surface area (Å²) in [5.74, 6) is -0.933. The molecular weight excluding hydrogens is 234 g/mol. The molecule has 3 nitrogen and oxygen atoms in total. The standard InChI is InChI=1S/C13H13NO2S/c1-9-14-12(13(15)16)11(17-9)8-7-10-5-3-2-4-6-10/h2-6H,7-8H2,1H3,(H,15,16). The number of nitrogens with zero attached hydrogens (tertiary/aromatic N) is 1. The van der Waals surface area contributed by atoms with E-state index in [9.17, 15) is 4.79 Å². The molecule has 1 heterocycles. The topological polar surface area (TPSA) is 50.2 Å². The highest BCUT2D eigenvalue weighted by molar-refractivity contribution is 7.11. The average molecular weight is 247 g/mol. The van der Waals surface area contributed by atoms with E-state index < -0.39 is 5.97 Å². The second kappa shape index (κ2) is 5.10. The number of thiazole rings is 1. The number of aromatic carboxylic acids is 1. The summed E-state index contributed by atoms with van der Waals surface area (Å²) in [5, 5.41) is 9.83. The fourth-order valence-corrected chi connectivity index (χ4v) is 2.64. The van der Waals surface area contributed by atoms with Gasteiger partial charge in [0, 0.05) is 4.88 Å². The second-order valence-electron chi connectivity index (χ2n) is 3.80. The quantitative estimate of drug-likeness (QED) is 0.903. The largest absolute Gasteiger partial charge is 0.476 e. The van der Waals surface area contributed by atoms with Gasteiger partial charge in [0.2, 0.25) is 0 Å². The molecule has 0 amide bonds. The Morgan fingerprint density at radius 2 is 2.00 bits per heavy atom. The summed E-state index contributed by atoms with van der Waals surface area (Å²) in [6.07, 6.45) is 1.58. The summed E-state index contributed by atoms with van der Waals surface area (Å²) in [5.41, 5.74) is 1.43. The smallest absolute Gasteiger partial charge is 0.355 e. The Hall–Kier alpha value is -1.68. The minimum Gasteiger partial charge on any atom is -0.476 e. The zero-order chi connectivity index (χ0) is 12.3. The molecule has 0 bridgehead atoms. The van der Waals surface area contributed by atoms with Gasteiger partial charge in [0.25, 0.3) is 0 Å². The van der Waals surface area contributed by atoms with E-state index in [0.29, 0.717) is 0 Å². The van der Waals surface area contributed by atoms with Gasteiger partial charge in [0.05, 0.1) is 5.01 Å². The molecule has 0 unspecified atom stereocenters. The van der Waals surface area contributed by atoms with Crippen LogP contribution in [0.4, 0.5) is 0 Å². The molecule has 1 aromatic carbocycles. The molecule has 4 heteroatoms. The van der Waals surface area contributed by atoms with Crippen LogP contribution in [0, 0.1) is 6.92 Å². The zero-order valence-corrected chi connectivity index (χ0v) is 10.3. The van der Waals surface area contributed by atoms with E-state index in [4.69, 9.17) is 5.11 Å². The van der Waals surface area contributed by atoms with Gasteiger partial charge in [-0.05, 0) is 25.3 Å². The SMILES string of the molecule is Cc1nc(C(=O)O)c(CCc2ccccc2)s1. The van der Waals surface area contributed by atoms with Crippen LogP contribution in [0.25, 0.3) is 0 Å². The molecule has 0 spiro atoms. The first-order valence-electron chi connectivity index (χ1n) is 5.40.